The quantitative estimate of drug-likeness (QED) is 0.866. The van der Waals surface area contributed by atoms with Gasteiger partial charge in [-0.1, -0.05) is 19.9 Å². The molecule has 0 spiro atoms. The average molecular weight is 308 g/mol. The summed E-state index contributed by atoms with van der Waals surface area (Å²) in [6.45, 7) is 4.44. The number of tetrazole rings is 1. The molecule has 1 fully saturated rings. The van der Waals surface area contributed by atoms with Gasteiger partial charge in [-0.3, -0.25) is 0 Å². The van der Waals surface area contributed by atoms with Crippen molar-refractivity contribution in [1.29, 1.82) is 0 Å². The van der Waals surface area contributed by atoms with Gasteiger partial charge in [0.2, 0.25) is 0 Å². The van der Waals surface area contributed by atoms with Crippen LogP contribution in [-0.4, -0.2) is 20.2 Å². The van der Waals surface area contributed by atoms with E-state index in [0.29, 0.717) is 11.7 Å². The summed E-state index contributed by atoms with van der Waals surface area (Å²) in [5.74, 6) is 0.768. The summed E-state index contributed by atoms with van der Waals surface area (Å²) in [6.07, 6.45) is 1.10. The first-order valence-electron chi connectivity index (χ1n) is 5.83. The van der Waals surface area contributed by atoms with E-state index in [0.717, 1.165) is 22.3 Å². The Labute approximate surface area is 113 Å². The number of hydrogen-bond donors (Lipinski definition) is 1. The Morgan fingerprint density at radius 3 is 2.83 bits per heavy atom. The van der Waals surface area contributed by atoms with Gasteiger partial charge in [-0.25, -0.2) is 4.68 Å². The lowest BCUT2D eigenvalue weighted by molar-refractivity contribution is 0.497. The molecule has 0 aliphatic heterocycles. The van der Waals surface area contributed by atoms with Crippen LogP contribution in [0.3, 0.4) is 0 Å². The summed E-state index contributed by atoms with van der Waals surface area (Å²) >= 11 is 3.50. The number of anilines is 1. The summed E-state index contributed by atoms with van der Waals surface area (Å²) < 4.78 is 2.75. The molecule has 2 aromatic rings. The number of halogens is 1. The topological polar surface area (TPSA) is 69.6 Å². The average Bonchev–Trinajstić information content (AvgIpc) is 2.77. The van der Waals surface area contributed by atoms with Crippen LogP contribution in [0.5, 0.6) is 0 Å². The van der Waals surface area contributed by atoms with Crippen LogP contribution in [-0.2, 0) is 0 Å². The number of rotatable bonds is 2. The Balaban J connectivity index is 2.08. The zero-order valence-electron chi connectivity index (χ0n) is 10.3. The summed E-state index contributed by atoms with van der Waals surface area (Å²) in [7, 11) is 0. The van der Waals surface area contributed by atoms with Crippen molar-refractivity contribution in [2.24, 2.45) is 5.41 Å². The predicted octanol–water partition coefficient (Wildman–Crippen LogP) is 2.66. The second-order valence-electron chi connectivity index (χ2n) is 5.36. The molecule has 0 radical (unpaired) electrons. The van der Waals surface area contributed by atoms with Crippen LogP contribution in [0.15, 0.2) is 22.7 Å². The standard InChI is InChI=1S/C12H14BrN5/c1-12(2)6-9(12)18-11(15-16-17-18)7-4-3-5-8(14)10(7)13/h3-5,9H,6,14H2,1-2H3. The maximum atomic E-state index is 5.90. The third-order valence-electron chi connectivity index (χ3n) is 3.52. The molecule has 1 aromatic heterocycles. The maximum absolute atomic E-state index is 5.90. The van der Waals surface area contributed by atoms with Crippen molar-refractivity contribution in [2.75, 3.05) is 5.73 Å². The fraction of sp³-hybridized carbons (Fsp3) is 0.417. The van der Waals surface area contributed by atoms with Gasteiger partial charge in [0.05, 0.1) is 10.5 Å². The lowest BCUT2D eigenvalue weighted by Crippen LogP contribution is -2.05. The number of hydrogen-bond acceptors (Lipinski definition) is 4. The highest BCUT2D eigenvalue weighted by molar-refractivity contribution is 9.10. The summed E-state index contributed by atoms with van der Waals surface area (Å²) in [5, 5.41) is 12.0. The molecule has 0 bridgehead atoms. The Morgan fingerprint density at radius 1 is 1.44 bits per heavy atom. The molecule has 1 aromatic carbocycles. The number of aromatic nitrogens is 4. The molecule has 0 amide bonds. The number of nitrogens with zero attached hydrogens (tertiary/aromatic N) is 4. The van der Waals surface area contributed by atoms with Crippen molar-refractivity contribution in [3.63, 3.8) is 0 Å². The Morgan fingerprint density at radius 2 is 2.17 bits per heavy atom. The van der Waals surface area contributed by atoms with Crippen LogP contribution in [0.2, 0.25) is 0 Å². The van der Waals surface area contributed by atoms with Crippen molar-refractivity contribution in [2.45, 2.75) is 26.3 Å². The molecule has 1 heterocycles. The third kappa shape index (κ3) is 1.71. The van der Waals surface area contributed by atoms with Gasteiger partial charge in [0.1, 0.15) is 0 Å². The van der Waals surface area contributed by atoms with Crippen LogP contribution in [0.25, 0.3) is 11.4 Å². The molecule has 3 rings (SSSR count). The normalized spacial score (nSPS) is 20.9. The monoisotopic (exact) mass is 307 g/mol. The van der Waals surface area contributed by atoms with Gasteiger partial charge >= 0.3 is 0 Å². The molecule has 18 heavy (non-hydrogen) atoms. The first-order chi connectivity index (χ1) is 8.50. The molecule has 1 aliphatic rings. The molecule has 94 valence electrons. The fourth-order valence-corrected chi connectivity index (χ4v) is 2.60. The van der Waals surface area contributed by atoms with Crippen molar-refractivity contribution in [3.05, 3.63) is 22.7 Å². The number of benzene rings is 1. The van der Waals surface area contributed by atoms with Gasteiger partial charge in [-0.05, 0) is 50.3 Å². The largest absolute Gasteiger partial charge is 0.398 e. The SMILES string of the molecule is CC1(C)CC1n1nnnc1-c1cccc(N)c1Br. The second-order valence-corrected chi connectivity index (χ2v) is 6.16. The minimum Gasteiger partial charge on any atom is -0.398 e. The molecule has 2 N–H and O–H groups in total. The van der Waals surface area contributed by atoms with Crippen LogP contribution in [0, 0.1) is 5.41 Å². The van der Waals surface area contributed by atoms with Crippen molar-refractivity contribution in [1.82, 2.24) is 20.2 Å². The molecule has 1 unspecified atom stereocenters. The van der Waals surface area contributed by atoms with Crippen LogP contribution < -0.4 is 5.73 Å². The van der Waals surface area contributed by atoms with E-state index in [1.807, 2.05) is 22.9 Å². The number of nitrogens with two attached hydrogens (primary N) is 1. The zero-order chi connectivity index (χ0) is 12.9. The maximum Gasteiger partial charge on any atom is 0.183 e. The highest BCUT2D eigenvalue weighted by Gasteiger charge is 2.49. The highest BCUT2D eigenvalue weighted by Crippen LogP contribution is 2.56. The van der Waals surface area contributed by atoms with Crippen LogP contribution in [0.1, 0.15) is 26.3 Å². The lowest BCUT2D eigenvalue weighted by atomic mass is 10.1. The predicted molar refractivity (Wildman–Crippen MR) is 72.8 cm³/mol. The molecule has 5 nitrogen and oxygen atoms in total. The van der Waals surface area contributed by atoms with E-state index in [2.05, 4.69) is 45.3 Å². The van der Waals surface area contributed by atoms with E-state index in [-0.39, 0.29) is 5.41 Å². The molecular formula is C12H14BrN5. The second kappa shape index (κ2) is 3.78. The first-order valence-corrected chi connectivity index (χ1v) is 6.62. The Hall–Kier alpha value is -1.43. The smallest absolute Gasteiger partial charge is 0.183 e. The molecule has 6 heteroatoms. The van der Waals surface area contributed by atoms with Gasteiger partial charge in [-0.15, -0.1) is 5.10 Å². The minimum absolute atomic E-state index is 0.275. The first kappa shape index (κ1) is 11.6. The van der Waals surface area contributed by atoms with E-state index in [9.17, 15) is 0 Å². The summed E-state index contributed by atoms with van der Waals surface area (Å²) in [5.41, 5.74) is 7.80. The zero-order valence-corrected chi connectivity index (χ0v) is 11.8. The number of nitrogen functional groups attached to an aromatic ring is 1. The van der Waals surface area contributed by atoms with Gasteiger partial charge in [-0.2, -0.15) is 0 Å². The van der Waals surface area contributed by atoms with Gasteiger partial charge < -0.3 is 5.73 Å². The molecule has 1 atom stereocenters. The van der Waals surface area contributed by atoms with E-state index < -0.39 is 0 Å². The van der Waals surface area contributed by atoms with E-state index >= 15 is 0 Å². The highest BCUT2D eigenvalue weighted by atomic mass is 79.9. The van der Waals surface area contributed by atoms with Gasteiger partial charge in [0.25, 0.3) is 0 Å². The molecular weight excluding hydrogens is 294 g/mol. The summed E-state index contributed by atoms with van der Waals surface area (Å²) in [4.78, 5) is 0. The minimum atomic E-state index is 0.275. The molecule has 1 aliphatic carbocycles. The summed E-state index contributed by atoms with van der Waals surface area (Å²) in [6, 6.07) is 6.10. The molecule has 0 saturated heterocycles. The lowest BCUT2D eigenvalue weighted by Gasteiger charge is -2.08. The fourth-order valence-electron chi connectivity index (χ4n) is 2.16. The van der Waals surface area contributed by atoms with Gasteiger partial charge in [0.15, 0.2) is 5.82 Å². The molecule has 1 saturated carbocycles. The van der Waals surface area contributed by atoms with Crippen LogP contribution >= 0.6 is 15.9 Å². The Kier molecular flexibility index (Phi) is 2.45. The van der Waals surface area contributed by atoms with Crippen LogP contribution in [0.4, 0.5) is 5.69 Å². The van der Waals surface area contributed by atoms with Gasteiger partial charge in [0, 0.05) is 11.3 Å². The van der Waals surface area contributed by atoms with E-state index in [4.69, 9.17) is 5.73 Å². The third-order valence-corrected chi connectivity index (χ3v) is 4.40. The van der Waals surface area contributed by atoms with Crippen molar-refractivity contribution in [3.8, 4) is 11.4 Å². The van der Waals surface area contributed by atoms with E-state index in [1.165, 1.54) is 0 Å². The van der Waals surface area contributed by atoms with E-state index in [1.54, 1.807) is 0 Å². The van der Waals surface area contributed by atoms with Crippen molar-refractivity contribution >= 4 is 21.6 Å². The Bertz CT molecular complexity index is 604. The van der Waals surface area contributed by atoms with Crippen molar-refractivity contribution < 1.29 is 0 Å².